The number of halogens is 3. The predicted octanol–water partition coefficient (Wildman–Crippen LogP) is 6.39. The molecule has 0 saturated heterocycles. The summed E-state index contributed by atoms with van der Waals surface area (Å²) in [5.41, 5.74) is 0.203. The van der Waals surface area contributed by atoms with Crippen LogP contribution in [0.4, 0.5) is 13.2 Å². The van der Waals surface area contributed by atoms with E-state index in [2.05, 4.69) is 0 Å². The lowest BCUT2D eigenvalue weighted by atomic mass is 9.70. The van der Waals surface area contributed by atoms with Crippen LogP contribution in [0.15, 0.2) is 30.3 Å². The second kappa shape index (κ2) is 13.0. The van der Waals surface area contributed by atoms with Crippen LogP contribution in [-0.4, -0.2) is 48.8 Å². The topological polar surface area (TPSA) is 99.1 Å². The largest absolute Gasteiger partial charge is 0.507 e. The van der Waals surface area contributed by atoms with Gasteiger partial charge in [0.25, 0.3) is 0 Å². The number of carbonyl (C=O) groups is 3. The third-order valence-corrected chi connectivity index (χ3v) is 8.36. The maximum atomic E-state index is 12.8. The molecule has 218 valence electrons. The third-order valence-electron chi connectivity index (χ3n) is 8.36. The minimum absolute atomic E-state index is 0.00911. The summed E-state index contributed by atoms with van der Waals surface area (Å²) in [5, 5.41) is 11.1. The summed E-state index contributed by atoms with van der Waals surface area (Å²) < 4.78 is 53.7. The van der Waals surface area contributed by atoms with Gasteiger partial charge in [-0.2, -0.15) is 13.2 Å². The van der Waals surface area contributed by atoms with Gasteiger partial charge in [-0.1, -0.05) is 6.07 Å². The van der Waals surface area contributed by atoms with E-state index in [0.29, 0.717) is 34.6 Å². The number of phenolic OH excluding ortho intramolecular Hbond substituents is 1. The van der Waals surface area contributed by atoms with Crippen molar-refractivity contribution in [3.05, 3.63) is 35.9 Å². The molecule has 0 bridgehead atoms. The lowest BCUT2D eigenvalue weighted by Gasteiger charge is -2.37. The fraction of sp³-hybridized carbons (Fsp3) is 0.567. The number of fused-ring (bicyclic) bond motifs is 1. The molecule has 0 spiro atoms. The van der Waals surface area contributed by atoms with E-state index in [4.69, 9.17) is 14.2 Å². The Morgan fingerprint density at radius 3 is 2.25 bits per heavy atom. The Balaban J connectivity index is 1.16. The first-order chi connectivity index (χ1) is 19.1. The highest BCUT2D eigenvalue weighted by Crippen LogP contribution is 2.41. The second-order valence-electron chi connectivity index (χ2n) is 10.9. The summed E-state index contributed by atoms with van der Waals surface area (Å²) in [6.07, 6.45) is 3.11. The molecule has 0 aliphatic heterocycles. The van der Waals surface area contributed by atoms with Crippen LogP contribution in [0.25, 0.3) is 10.8 Å². The summed E-state index contributed by atoms with van der Waals surface area (Å²) in [4.78, 5) is 35.6. The molecule has 2 aliphatic carbocycles. The molecule has 40 heavy (non-hydrogen) atoms. The van der Waals surface area contributed by atoms with E-state index in [9.17, 15) is 32.7 Å². The zero-order chi connectivity index (χ0) is 28.9. The van der Waals surface area contributed by atoms with Crippen molar-refractivity contribution in [2.45, 2.75) is 70.6 Å². The molecule has 1 unspecified atom stereocenters. The van der Waals surface area contributed by atoms with E-state index in [0.717, 1.165) is 58.3 Å². The molecule has 10 heteroatoms. The van der Waals surface area contributed by atoms with Gasteiger partial charge in [-0.3, -0.25) is 14.4 Å². The predicted molar refractivity (Wildman–Crippen MR) is 140 cm³/mol. The average Bonchev–Trinajstić information content (AvgIpc) is 2.94. The van der Waals surface area contributed by atoms with Crippen molar-refractivity contribution in [3.63, 3.8) is 0 Å². The van der Waals surface area contributed by atoms with Gasteiger partial charge >= 0.3 is 18.1 Å². The number of alkyl halides is 3. The summed E-state index contributed by atoms with van der Waals surface area (Å²) in [6, 6.07) is 8.11. The summed E-state index contributed by atoms with van der Waals surface area (Å²) in [6.45, 7) is 0.671. The van der Waals surface area contributed by atoms with Gasteiger partial charge in [-0.15, -0.1) is 0 Å². The normalized spacial score (nSPS) is 24.3. The molecule has 2 fully saturated rings. The highest BCUT2D eigenvalue weighted by atomic mass is 19.4. The van der Waals surface area contributed by atoms with Crippen LogP contribution in [-0.2, 0) is 19.1 Å². The molecule has 0 amide bonds. The molecule has 1 atom stereocenters. The number of carbonyl (C=O) groups excluding carboxylic acids is 3. The average molecular weight is 565 g/mol. The monoisotopic (exact) mass is 564 g/mol. The van der Waals surface area contributed by atoms with Crippen LogP contribution < -0.4 is 4.74 Å². The molecule has 2 aromatic rings. The summed E-state index contributed by atoms with van der Waals surface area (Å²) >= 11 is 0. The van der Waals surface area contributed by atoms with Gasteiger partial charge in [0.05, 0.1) is 24.2 Å². The number of aldehydes is 1. The van der Waals surface area contributed by atoms with Gasteiger partial charge in [0.2, 0.25) is 0 Å². The van der Waals surface area contributed by atoms with Gasteiger partial charge in [0.15, 0.2) is 6.29 Å². The van der Waals surface area contributed by atoms with Crippen LogP contribution in [0, 0.1) is 23.7 Å². The minimum Gasteiger partial charge on any atom is -0.507 e. The van der Waals surface area contributed by atoms with Crippen molar-refractivity contribution in [3.8, 4) is 11.5 Å². The van der Waals surface area contributed by atoms with E-state index in [1.807, 2.05) is 0 Å². The number of esters is 2. The van der Waals surface area contributed by atoms with Gasteiger partial charge in [-0.05, 0) is 105 Å². The molecule has 2 aliphatic rings. The van der Waals surface area contributed by atoms with Gasteiger partial charge < -0.3 is 19.3 Å². The lowest BCUT2D eigenvalue weighted by molar-refractivity contribution is -0.195. The van der Waals surface area contributed by atoms with E-state index in [1.165, 1.54) is 6.07 Å². The highest BCUT2D eigenvalue weighted by molar-refractivity contribution is 6.01. The summed E-state index contributed by atoms with van der Waals surface area (Å²) in [7, 11) is 0. The Morgan fingerprint density at radius 1 is 0.975 bits per heavy atom. The molecular weight excluding hydrogens is 529 g/mol. The zero-order valence-corrected chi connectivity index (χ0v) is 22.5. The minimum atomic E-state index is -4.61. The van der Waals surface area contributed by atoms with E-state index < -0.39 is 18.1 Å². The molecule has 0 radical (unpaired) electrons. The number of hydrogen-bond acceptors (Lipinski definition) is 7. The SMILES string of the molecule is CC(C(=O)OCCOC1CCC(C2CCC(C(=O)Oc3ccc4c(C=O)c(O)ccc4c3)CC2)CC1)C(F)(F)F. The Kier molecular flexibility index (Phi) is 9.71. The number of benzene rings is 2. The first kappa shape index (κ1) is 29.8. The van der Waals surface area contributed by atoms with E-state index >= 15 is 0 Å². The van der Waals surface area contributed by atoms with Gasteiger partial charge in [-0.25, -0.2) is 0 Å². The highest BCUT2D eigenvalue weighted by Gasteiger charge is 2.42. The van der Waals surface area contributed by atoms with Crippen molar-refractivity contribution in [1.29, 1.82) is 0 Å². The molecule has 2 aromatic carbocycles. The van der Waals surface area contributed by atoms with Crippen molar-refractivity contribution >= 4 is 29.0 Å². The smallest absolute Gasteiger partial charge is 0.401 e. The van der Waals surface area contributed by atoms with Crippen molar-refractivity contribution in [1.82, 2.24) is 0 Å². The first-order valence-corrected chi connectivity index (χ1v) is 13.8. The number of phenols is 1. The van der Waals surface area contributed by atoms with Gasteiger partial charge in [0.1, 0.15) is 24.0 Å². The fourth-order valence-corrected chi connectivity index (χ4v) is 5.88. The van der Waals surface area contributed by atoms with Gasteiger partial charge in [0, 0.05) is 0 Å². The number of ether oxygens (including phenoxy) is 3. The maximum Gasteiger partial charge on any atom is 0.401 e. The van der Waals surface area contributed by atoms with Crippen LogP contribution in [0.2, 0.25) is 0 Å². The van der Waals surface area contributed by atoms with E-state index in [-0.39, 0.29) is 42.5 Å². The molecule has 1 N–H and O–H groups in total. The van der Waals surface area contributed by atoms with Crippen LogP contribution in [0.3, 0.4) is 0 Å². The van der Waals surface area contributed by atoms with Crippen LogP contribution in [0.5, 0.6) is 11.5 Å². The van der Waals surface area contributed by atoms with Crippen molar-refractivity contribution in [2.75, 3.05) is 13.2 Å². The number of rotatable bonds is 9. The van der Waals surface area contributed by atoms with E-state index in [1.54, 1.807) is 24.3 Å². The standard InChI is InChI=1S/C30H35F3O7/c1-18(30(31,32)33)28(36)39-15-14-38-23-9-6-20(7-10-23)19-2-4-21(5-3-19)29(37)40-24-11-12-25-22(16-24)8-13-27(35)26(25)17-34/h8,11-13,16-21,23,35H,2-7,9-10,14-15H2,1H3. The maximum absolute atomic E-state index is 12.8. The molecule has 7 nitrogen and oxygen atoms in total. The fourth-order valence-electron chi connectivity index (χ4n) is 5.88. The first-order valence-electron chi connectivity index (χ1n) is 13.8. The molecule has 0 heterocycles. The molecular formula is C30H35F3O7. The number of aromatic hydroxyl groups is 1. The lowest BCUT2D eigenvalue weighted by Crippen LogP contribution is -2.32. The third kappa shape index (κ3) is 7.33. The Bertz CT molecular complexity index is 1200. The quantitative estimate of drug-likeness (QED) is 0.163. The summed E-state index contributed by atoms with van der Waals surface area (Å²) in [5.74, 6) is -2.46. The molecule has 2 saturated carbocycles. The Labute approximate surface area is 231 Å². The Hall–Kier alpha value is -3.14. The molecule has 4 rings (SSSR count). The Morgan fingerprint density at radius 2 is 1.62 bits per heavy atom. The number of hydrogen-bond donors (Lipinski definition) is 1. The van der Waals surface area contributed by atoms with Crippen molar-refractivity contribution in [2.24, 2.45) is 23.7 Å². The second-order valence-corrected chi connectivity index (χ2v) is 10.9. The van der Waals surface area contributed by atoms with Crippen LogP contribution >= 0.6 is 0 Å². The van der Waals surface area contributed by atoms with Crippen LogP contribution in [0.1, 0.15) is 68.6 Å². The molecule has 0 aromatic heterocycles. The van der Waals surface area contributed by atoms with Crippen molar-refractivity contribution < 1.29 is 46.9 Å². The zero-order valence-electron chi connectivity index (χ0n) is 22.5.